The molecular weight excluding hydrogens is 168 g/mol. The van der Waals surface area contributed by atoms with Crippen molar-refractivity contribution in [3.05, 3.63) is 22.0 Å². The van der Waals surface area contributed by atoms with E-state index in [0.29, 0.717) is 11.1 Å². The monoisotopic (exact) mass is 170 g/mol. The molecule has 4 heteroatoms. The fourth-order valence-corrected chi connectivity index (χ4v) is 2.45. The summed E-state index contributed by atoms with van der Waals surface area (Å²) in [6, 6.07) is 0. The van der Waals surface area contributed by atoms with E-state index in [9.17, 15) is 9.59 Å². The molecule has 2 nitrogen and oxygen atoms in total. The molecule has 0 aliphatic carbocycles. The van der Waals surface area contributed by atoms with E-state index in [1.807, 2.05) is 0 Å². The van der Waals surface area contributed by atoms with Crippen LogP contribution in [0.25, 0.3) is 0 Å². The summed E-state index contributed by atoms with van der Waals surface area (Å²) in [5.74, 6) is 0. The highest BCUT2D eigenvalue weighted by Gasteiger charge is 2.31. The maximum absolute atomic E-state index is 10.9. The van der Waals surface area contributed by atoms with Gasteiger partial charge in [-0.3, -0.25) is 9.59 Å². The molecule has 0 saturated carbocycles. The third-order valence-corrected chi connectivity index (χ3v) is 2.87. The maximum Gasteiger partial charge on any atom is 0.224 e. The van der Waals surface area contributed by atoms with Gasteiger partial charge in [0, 0.05) is 11.1 Å². The molecule has 0 N–H and O–H groups in total. The molecule has 2 aliphatic heterocycles. The summed E-state index contributed by atoms with van der Waals surface area (Å²) in [5, 5.41) is 3.23. The van der Waals surface area contributed by atoms with Crippen LogP contribution >= 0.6 is 23.5 Å². The molecule has 0 amide bonds. The zero-order valence-electron chi connectivity index (χ0n) is 4.79. The highest BCUT2D eigenvalue weighted by atomic mass is 32.2. The summed E-state index contributed by atoms with van der Waals surface area (Å²) in [7, 11) is 0. The van der Waals surface area contributed by atoms with Crippen molar-refractivity contribution in [3.8, 4) is 0 Å². The summed E-state index contributed by atoms with van der Waals surface area (Å²) >= 11 is 2.18. The first-order chi connectivity index (χ1) is 4.79. The van der Waals surface area contributed by atoms with Crippen LogP contribution in [0.5, 0.6) is 0 Å². The van der Waals surface area contributed by atoms with E-state index in [1.54, 1.807) is 10.8 Å². The summed E-state index contributed by atoms with van der Waals surface area (Å²) in [4.78, 5) is 21.8. The number of hydrogen-bond donors (Lipinski definition) is 0. The van der Waals surface area contributed by atoms with Gasteiger partial charge in [-0.15, -0.1) is 0 Å². The molecule has 0 aromatic carbocycles. The van der Waals surface area contributed by atoms with Crippen LogP contribution in [0.15, 0.2) is 22.0 Å². The second-order valence-electron chi connectivity index (χ2n) is 1.87. The standard InChI is InChI=1S/C6H2O2S2/c7-5-3-1-9-6(8)4(3)2-10-5/h1-2H. The lowest BCUT2D eigenvalue weighted by atomic mass is 10.2. The van der Waals surface area contributed by atoms with Gasteiger partial charge in [0.15, 0.2) is 0 Å². The number of rotatable bonds is 0. The molecule has 2 aliphatic rings. The molecule has 10 heavy (non-hydrogen) atoms. The molecule has 0 radical (unpaired) electrons. The highest BCUT2D eigenvalue weighted by molar-refractivity contribution is 8.20. The average Bonchev–Trinajstić information content (AvgIpc) is 2.41. The molecule has 0 aromatic heterocycles. The van der Waals surface area contributed by atoms with Crippen LogP contribution in [0, 0.1) is 0 Å². The molecule has 0 aromatic rings. The molecule has 0 unspecified atom stereocenters. The van der Waals surface area contributed by atoms with Gasteiger partial charge < -0.3 is 0 Å². The number of thioether (sulfide) groups is 2. The second kappa shape index (κ2) is 2.00. The van der Waals surface area contributed by atoms with Crippen molar-refractivity contribution in [3.63, 3.8) is 0 Å². The van der Waals surface area contributed by atoms with E-state index in [-0.39, 0.29) is 10.2 Å². The Morgan fingerprint density at radius 3 is 1.70 bits per heavy atom. The van der Waals surface area contributed by atoms with E-state index in [1.165, 1.54) is 0 Å². The Bertz CT molecular complexity index is 258. The summed E-state index contributed by atoms with van der Waals surface area (Å²) in [6.07, 6.45) is 0. The van der Waals surface area contributed by atoms with Crippen molar-refractivity contribution in [2.75, 3.05) is 0 Å². The molecule has 50 valence electrons. The predicted octanol–water partition coefficient (Wildman–Crippen LogP) is 1.30. The number of carbonyl (C=O) groups is 2. The molecule has 2 rings (SSSR count). The van der Waals surface area contributed by atoms with Gasteiger partial charge >= 0.3 is 0 Å². The Balaban J connectivity index is 2.50. The topological polar surface area (TPSA) is 34.1 Å². The third kappa shape index (κ3) is 0.690. The largest absolute Gasteiger partial charge is 0.281 e. The lowest BCUT2D eigenvalue weighted by Gasteiger charge is -1.85. The van der Waals surface area contributed by atoms with E-state index in [0.717, 1.165) is 23.5 Å². The maximum atomic E-state index is 10.9. The quantitative estimate of drug-likeness (QED) is 0.548. The number of hydrogen-bond acceptors (Lipinski definition) is 4. The molecule has 0 atom stereocenters. The van der Waals surface area contributed by atoms with Crippen LogP contribution in [0.3, 0.4) is 0 Å². The van der Waals surface area contributed by atoms with Crippen LogP contribution in [0.2, 0.25) is 0 Å². The third-order valence-electron chi connectivity index (χ3n) is 1.30. The van der Waals surface area contributed by atoms with Gasteiger partial charge in [0.25, 0.3) is 0 Å². The van der Waals surface area contributed by atoms with Crippen LogP contribution in [-0.4, -0.2) is 10.2 Å². The number of fused-ring (bicyclic) bond motifs is 1. The molecule has 0 spiro atoms. The SMILES string of the molecule is O=C1SC=C2C(=O)SC=C12. The average molecular weight is 170 g/mol. The second-order valence-corrected chi connectivity index (χ2v) is 3.56. The first kappa shape index (κ1) is 6.24. The van der Waals surface area contributed by atoms with Gasteiger partial charge in [0.05, 0.1) is 0 Å². The van der Waals surface area contributed by atoms with Gasteiger partial charge in [-0.05, 0) is 10.8 Å². The van der Waals surface area contributed by atoms with Gasteiger partial charge in [-0.2, -0.15) is 0 Å². The molecule has 0 bridgehead atoms. The van der Waals surface area contributed by atoms with Gasteiger partial charge in [0.1, 0.15) is 0 Å². The Hall–Kier alpha value is -0.480. The van der Waals surface area contributed by atoms with E-state index in [2.05, 4.69) is 0 Å². The van der Waals surface area contributed by atoms with Crippen LogP contribution in [0.4, 0.5) is 0 Å². The van der Waals surface area contributed by atoms with Crippen LogP contribution in [-0.2, 0) is 9.59 Å². The minimum absolute atomic E-state index is 0.00616. The first-order valence-electron chi connectivity index (χ1n) is 2.62. The molecule has 0 fully saturated rings. The Morgan fingerprint density at radius 1 is 0.900 bits per heavy atom. The molecule has 2 heterocycles. The van der Waals surface area contributed by atoms with Crippen molar-refractivity contribution in [1.82, 2.24) is 0 Å². The van der Waals surface area contributed by atoms with Crippen LogP contribution < -0.4 is 0 Å². The molecular formula is C6H2O2S2. The smallest absolute Gasteiger partial charge is 0.224 e. The van der Waals surface area contributed by atoms with E-state index < -0.39 is 0 Å². The highest BCUT2D eigenvalue weighted by Crippen LogP contribution is 2.39. The Morgan fingerprint density at radius 2 is 1.30 bits per heavy atom. The fraction of sp³-hybridized carbons (Fsp3) is 0. The predicted molar refractivity (Wildman–Crippen MR) is 41.4 cm³/mol. The lowest BCUT2D eigenvalue weighted by Crippen LogP contribution is -1.93. The summed E-state index contributed by atoms with van der Waals surface area (Å²) < 4.78 is 0. The Labute approximate surface area is 65.7 Å². The van der Waals surface area contributed by atoms with Crippen molar-refractivity contribution in [2.45, 2.75) is 0 Å². The van der Waals surface area contributed by atoms with Gasteiger partial charge in [0.2, 0.25) is 10.2 Å². The fourth-order valence-electron chi connectivity index (χ4n) is 0.795. The van der Waals surface area contributed by atoms with Crippen LogP contribution in [0.1, 0.15) is 0 Å². The number of carbonyl (C=O) groups excluding carboxylic acids is 2. The lowest BCUT2D eigenvalue weighted by molar-refractivity contribution is -0.109. The van der Waals surface area contributed by atoms with E-state index >= 15 is 0 Å². The van der Waals surface area contributed by atoms with Gasteiger partial charge in [-0.1, -0.05) is 23.5 Å². The Kier molecular flexibility index (Phi) is 1.25. The van der Waals surface area contributed by atoms with Crippen molar-refractivity contribution in [2.24, 2.45) is 0 Å². The zero-order chi connectivity index (χ0) is 7.14. The summed E-state index contributed by atoms with van der Waals surface area (Å²) in [6.45, 7) is 0. The first-order valence-corrected chi connectivity index (χ1v) is 4.37. The van der Waals surface area contributed by atoms with Gasteiger partial charge in [-0.25, -0.2) is 0 Å². The van der Waals surface area contributed by atoms with Crippen molar-refractivity contribution in [1.29, 1.82) is 0 Å². The zero-order valence-corrected chi connectivity index (χ0v) is 6.42. The van der Waals surface area contributed by atoms with Crippen molar-refractivity contribution < 1.29 is 9.59 Å². The summed E-state index contributed by atoms with van der Waals surface area (Å²) in [5.41, 5.74) is 1.17. The minimum Gasteiger partial charge on any atom is -0.281 e. The minimum atomic E-state index is -0.00616. The molecule has 0 saturated heterocycles. The normalized spacial score (nSPS) is 22.8. The van der Waals surface area contributed by atoms with Crippen molar-refractivity contribution >= 4 is 33.8 Å². The van der Waals surface area contributed by atoms with E-state index in [4.69, 9.17) is 0 Å².